The molecule has 0 unspecified atom stereocenters. The van der Waals surface area contributed by atoms with Crippen molar-refractivity contribution in [2.24, 2.45) is 0 Å². The number of alkyl halides is 2. The summed E-state index contributed by atoms with van der Waals surface area (Å²) >= 11 is 0. The molecule has 1 aliphatic heterocycles. The molecule has 4 rings (SSSR count). The van der Waals surface area contributed by atoms with E-state index in [1.807, 2.05) is 60.4 Å². The molecule has 1 aromatic heterocycles. The van der Waals surface area contributed by atoms with Gasteiger partial charge in [0.2, 0.25) is 5.95 Å². The van der Waals surface area contributed by atoms with Gasteiger partial charge in [-0.1, -0.05) is 18.2 Å². The first-order chi connectivity index (χ1) is 17.5. The number of piperidine rings is 1. The molecule has 2 aromatic carbocycles. The third-order valence-electron chi connectivity index (χ3n) is 6.15. The molecule has 198 valence electrons. The van der Waals surface area contributed by atoms with Crippen molar-refractivity contribution in [3.63, 3.8) is 0 Å². The van der Waals surface area contributed by atoms with E-state index >= 15 is 0 Å². The summed E-state index contributed by atoms with van der Waals surface area (Å²) in [5.41, 5.74) is 3.94. The molecular formula is C25H31F2N7O2S. The predicted octanol–water partition coefficient (Wildman–Crippen LogP) is 4.40. The maximum Gasteiger partial charge on any atom is 0.279 e. The molecule has 0 amide bonds. The Balaban J connectivity index is 1.44. The highest BCUT2D eigenvalue weighted by molar-refractivity contribution is 7.87. The summed E-state index contributed by atoms with van der Waals surface area (Å²) in [4.78, 5) is 10.9. The van der Waals surface area contributed by atoms with Crippen LogP contribution in [0.5, 0.6) is 0 Å². The Morgan fingerprint density at radius 3 is 2.38 bits per heavy atom. The molecule has 1 saturated heterocycles. The van der Waals surface area contributed by atoms with Gasteiger partial charge in [0.05, 0.1) is 0 Å². The molecule has 0 radical (unpaired) electrons. The number of benzene rings is 2. The molecule has 0 spiro atoms. The van der Waals surface area contributed by atoms with E-state index < -0.39 is 16.1 Å². The summed E-state index contributed by atoms with van der Waals surface area (Å²) in [6, 6.07) is 14.9. The lowest BCUT2D eigenvalue weighted by molar-refractivity contribution is -0.0220. The molecule has 12 heteroatoms. The number of anilines is 5. The number of hydrogen-bond acceptors (Lipinski definition) is 7. The monoisotopic (exact) mass is 531 g/mol. The maximum absolute atomic E-state index is 13.5. The van der Waals surface area contributed by atoms with Crippen molar-refractivity contribution in [2.75, 3.05) is 42.7 Å². The van der Waals surface area contributed by atoms with Gasteiger partial charge in [0.1, 0.15) is 5.82 Å². The number of aryl methyl sites for hydroxylation is 1. The van der Waals surface area contributed by atoms with E-state index in [4.69, 9.17) is 0 Å². The first-order valence-electron chi connectivity index (χ1n) is 11.9. The molecule has 2 heterocycles. The van der Waals surface area contributed by atoms with Gasteiger partial charge in [-0.15, -0.1) is 0 Å². The molecule has 1 fully saturated rings. The van der Waals surface area contributed by atoms with Gasteiger partial charge in [-0.05, 0) is 42.8 Å². The Labute approximate surface area is 216 Å². The average molecular weight is 532 g/mol. The Morgan fingerprint density at radius 2 is 1.70 bits per heavy atom. The van der Waals surface area contributed by atoms with E-state index in [0.717, 1.165) is 26.8 Å². The lowest BCUT2D eigenvalue weighted by Gasteiger charge is -2.33. The van der Waals surface area contributed by atoms with Crippen molar-refractivity contribution in [1.29, 1.82) is 0 Å². The molecule has 9 nitrogen and oxygen atoms in total. The van der Waals surface area contributed by atoms with Crippen molar-refractivity contribution in [2.45, 2.75) is 32.2 Å². The second kappa shape index (κ2) is 11.0. The van der Waals surface area contributed by atoms with Crippen LogP contribution in [0, 0.1) is 6.92 Å². The highest BCUT2D eigenvalue weighted by Crippen LogP contribution is 2.31. The fourth-order valence-corrected chi connectivity index (χ4v) is 4.42. The molecule has 0 aliphatic carbocycles. The zero-order chi connectivity index (χ0) is 26.6. The fourth-order valence-electron chi connectivity index (χ4n) is 3.83. The van der Waals surface area contributed by atoms with Gasteiger partial charge in [-0.3, -0.25) is 0 Å². The van der Waals surface area contributed by atoms with Crippen molar-refractivity contribution < 1.29 is 17.2 Å². The molecule has 0 bridgehead atoms. The smallest absolute Gasteiger partial charge is 0.279 e. The van der Waals surface area contributed by atoms with Crippen LogP contribution < -0.4 is 20.3 Å². The average Bonchev–Trinajstić information content (AvgIpc) is 2.86. The van der Waals surface area contributed by atoms with Crippen molar-refractivity contribution in [3.8, 4) is 0 Å². The molecule has 0 saturated carbocycles. The van der Waals surface area contributed by atoms with E-state index in [2.05, 4.69) is 25.3 Å². The lowest BCUT2D eigenvalue weighted by atomic mass is 10.1. The molecule has 0 atom stereocenters. The van der Waals surface area contributed by atoms with Crippen molar-refractivity contribution in [1.82, 2.24) is 19.0 Å². The minimum absolute atomic E-state index is 0.111. The summed E-state index contributed by atoms with van der Waals surface area (Å²) in [5.74, 6) is -1.62. The maximum atomic E-state index is 13.5. The van der Waals surface area contributed by atoms with Crippen LogP contribution in [0.1, 0.15) is 24.0 Å². The summed E-state index contributed by atoms with van der Waals surface area (Å²) in [7, 11) is -0.636. The zero-order valence-corrected chi connectivity index (χ0v) is 21.8. The topological polar surface area (TPSA) is 102 Å². The van der Waals surface area contributed by atoms with Crippen molar-refractivity contribution in [3.05, 3.63) is 65.9 Å². The zero-order valence-electron chi connectivity index (χ0n) is 21.0. The largest absolute Gasteiger partial charge is 0.371 e. The minimum Gasteiger partial charge on any atom is -0.371 e. The van der Waals surface area contributed by atoms with Crippen LogP contribution in [-0.2, 0) is 16.8 Å². The lowest BCUT2D eigenvalue weighted by Crippen LogP contribution is -2.39. The van der Waals surface area contributed by atoms with Gasteiger partial charge in [0, 0.05) is 75.4 Å². The molecule has 3 aromatic rings. The fraction of sp³-hybridized carbons (Fsp3) is 0.360. The first-order valence-corrected chi connectivity index (χ1v) is 13.3. The van der Waals surface area contributed by atoms with Gasteiger partial charge in [0.15, 0.2) is 0 Å². The van der Waals surface area contributed by atoms with Crippen LogP contribution in [0.2, 0.25) is 0 Å². The number of rotatable bonds is 9. The van der Waals surface area contributed by atoms with Gasteiger partial charge in [-0.25, -0.2) is 13.8 Å². The second-order valence-corrected chi connectivity index (χ2v) is 11.1. The highest BCUT2D eigenvalue weighted by Gasteiger charge is 2.34. The number of nitrogens with one attached hydrogen (secondary N) is 3. The van der Waals surface area contributed by atoms with E-state index in [-0.39, 0.29) is 19.4 Å². The predicted molar refractivity (Wildman–Crippen MR) is 142 cm³/mol. The molecular weight excluding hydrogens is 500 g/mol. The standard InChI is InChI=1S/C25H31F2N7O2S/c1-18-16-28-24(30-20-8-10-21(11-9-20)34-14-12-25(26,27)13-15-34)32-23(18)31-22-7-5-4-6-19(22)17-29-37(35,36)33(2)3/h4-11,16,29H,12-15,17H2,1-3H3,(H2,28,30,31,32). The Bertz CT molecular complexity index is 1330. The summed E-state index contributed by atoms with van der Waals surface area (Å²) in [6.07, 6.45) is 1.42. The van der Waals surface area contributed by atoms with E-state index in [1.54, 1.807) is 6.20 Å². The molecule has 3 N–H and O–H groups in total. The molecule has 37 heavy (non-hydrogen) atoms. The third kappa shape index (κ3) is 6.90. The molecule has 1 aliphatic rings. The number of halogens is 2. The normalized spacial score (nSPS) is 15.6. The van der Waals surface area contributed by atoms with E-state index in [0.29, 0.717) is 30.5 Å². The minimum atomic E-state index is -3.57. The Morgan fingerprint density at radius 1 is 1.03 bits per heavy atom. The van der Waals surface area contributed by atoms with Crippen LogP contribution in [0.25, 0.3) is 0 Å². The number of para-hydroxylation sites is 1. The van der Waals surface area contributed by atoms with Crippen LogP contribution in [0.4, 0.5) is 37.6 Å². The van der Waals surface area contributed by atoms with Crippen LogP contribution in [0.3, 0.4) is 0 Å². The number of hydrogen-bond donors (Lipinski definition) is 3. The Hall–Kier alpha value is -3.35. The quantitative estimate of drug-likeness (QED) is 0.376. The summed E-state index contributed by atoms with van der Waals surface area (Å²) in [5, 5.41) is 6.46. The van der Waals surface area contributed by atoms with E-state index in [9.17, 15) is 17.2 Å². The summed E-state index contributed by atoms with van der Waals surface area (Å²) < 4.78 is 54.8. The van der Waals surface area contributed by atoms with Gasteiger partial charge in [-0.2, -0.15) is 22.4 Å². The summed E-state index contributed by atoms with van der Waals surface area (Å²) in [6.45, 7) is 2.64. The van der Waals surface area contributed by atoms with Crippen molar-refractivity contribution >= 4 is 39.0 Å². The van der Waals surface area contributed by atoms with Gasteiger partial charge < -0.3 is 15.5 Å². The second-order valence-electron chi connectivity index (χ2n) is 9.13. The van der Waals surface area contributed by atoms with Crippen LogP contribution >= 0.6 is 0 Å². The number of aromatic nitrogens is 2. The van der Waals surface area contributed by atoms with Crippen LogP contribution in [0.15, 0.2) is 54.7 Å². The van der Waals surface area contributed by atoms with Gasteiger partial charge in [0.25, 0.3) is 16.1 Å². The van der Waals surface area contributed by atoms with Gasteiger partial charge >= 0.3 is 0 Å². The van der Waals surface area contributed by atoms with E-state index in [1.165, 1.54) is 14.1 Å². The highest BCUT2D eigenvalue weighted by atomic mass is 32.2. The third-order valence-corrected chi connectivity index (χ3v) is 7.62. The first kappa shape index (κ1) is 26.7. The van der Waals surface area contributed by atoms with Crippen LogP contribution in [-0.4, -0.2) is 55.8 Å². The number of nitrogens with zero attached hydrogens (tertiary/aromatic N) is 4. The SMILES string of the molecule is Cc1cnc(Nc2ccc(N3CCC(F)(F)CC3)cc2)nc1Nc1ccccc1CNS(=O)(=O)N(C)C. The Kier molecular flexibility index (Phi) is 7.90.